The third-order valence-electron chi connectivity index (χ3n) is 7.07. The summed E-state index contributed by atoms with van der Waals surface area (Å²) < 4.78 is 0. The van der Waals surface area contributed by atoms with Crippen LogP contribution in [0, 0.1) is 32.5 Å². The molecular weight excluding hydrogens is 599 g/mol. The van der Waals surface area contributed by atoms with Crippen LogP contribution in [0.15, 0.2) is 20.0 Å². The maximum absolute atomic E-state index is 11.9. The van der Waals surface area contributed by atoms with Gasteiger partial charge in [0.05, 0.1) is 22.8 Å². The molecule has 0 aromatic heterocycles. The summed E-state index contributed by atoms with van der Waals surface area (Å²) in [4.78, 5) is 42.3. The zero-order valence-corrected chi connectivity index (χ0v) is 31.1. The zero-order valence-electron chi connectivity index (χ0n) is 29.2. The van der Waals surface area contributed by atoms with Gasteiger partial charge >= 0.3 is 11.9 Å². The fraction of sp³-hybridized carbons (Fsp3) is 0.812. The van der Waals surface area contributed by atoms with Gasteiger partial charge in [-0.3, -0.25) is 0 Å². The summed E-state index contributed by atoms with van der Waals surface area (Å²) >= 11 is 0. The van der Waals surface area contributed by atoms with Gasteiger partial charge in [0.15, 0.2) is 0 Å². The fourth-order valence-electron chi connectivity index (χ4n) is 4.50. The molecule has 0 bridgehead atoms. The molecule has 2 aliphatic rings. The van der Waals surface area contributed by atoms with Gasteiger partial charge < -0.3 is 10.2 Å². The topological polar surface area (TPSA) is 124 Å². The summed E-state index contributed by atoms with van der Waals surface area (Å²) in [5, 5.41) is 19.5. The number of halogens is 1. The molecule has 0 atom stereocenters. The molecule has 0 fully saturated rings. The molecule has 0 spiro atoms. The molecule has 2 heterocycles. The Hall–Kier alpha value is -1.58. The van der Waals surface area contributed by atoms with Crippen LogP contribution in [0.5, 0.6) is 0 Å². The van der Waals surface area contributed by atoms with Gasteiger partial charge in [-0.05, 0) is 0 Å². The molecule has 0 aromatic rings. The first-order valence-electron chi connectivity index (χ1n) is 14.1. The smallest absolute Gasteiger partial charge is 0.354 e. The summed E-state index contributed by atoms with van der Waals surface area (Å²) in [7, 11) is 0. The van der Waals surface area contributed by atoms with Gasteiger partial charge in [-0.2, -0.15) is 0 Å². The number of carbonyl (C=O) groups is 2. The van der Waals surface area contributed by atoms with Crippen LogP contribution < -0.4 is 0 Å². The second kappa shape index (κ2) is 12.4. The Labute approximate surface area is 271 Å². The molecule has 0 saturated heterocycles. The minimum Gasteiger partial charge on any atom is -0.478 e. The first-order chi connectivity index (χ1) is 17.3. The summed E-state index contributed by atoms with van der Waals surface area (Å²) in [5.74, 6) is -1.96. The third kappa shape index (κ3) is 8.32. The molecular formula is C32H57ClCoN4O4. The van der Waals surface area contributed by atoms with Crippen molar-refractivity contribution < 1.29 is 36.6 Å². The molecule has 8 nitrogen and oxygen atoms in total. The van der Waals surface area contributed by atoms with Crippen LogP contribution in [0.25, 0.3) is 0 Å². The molecule has 0 aromatic carbocycles. The van der Waals surface area contributed by atoms with E-state index >= 15 is 0 Å². The maximum atomic E-state index is 11.9. The largest absolute Gasteiger partial charge is 0.478 e. The van der Waals surface area contributed by atoms with Crippen molar-refractivity contribution >= 4 is 47.2 Å². The summed E-state index contributed by atoms with van der Waals surface area (Å²) in [5.41, 5.74) is -1.68. The molecule has 1 radical (unpaired) electrons. The number of nitrogens with zero attached hydrogens (tertiary/aromatic N) is 4. The van der Waals surface area contributed by atoms with Crippen LogP contribution in [0.1, 0.15) is 125 Å². The molecule has 0 unspecified atom stereocenters. The van der Waals surface area contributed by atoms with Crippen LogP contribution in [0.3, 0.4) is 0 Å². The number of aliphatic carboxylic acids is 2. The molecule has 42 heavy (non-hydrogen) atoms. The second-order valence-electron chi connectivity index (χ2n) is 17.3. The van der Waals surface area contributed by atoms with Crippen molar-refractivity contribution in [1.82, 2.24) is 0 Å². The van der Waals surface area contributed by atoms with Gasteiger partial charge in [-0.25, -0.2) is 29.6 Å². The van der Waals surface area contributed by atoms with Gasteiger partial charge in [0.25, 0.3) is 11.3 Å². The molecule has 245 valence electrons. The van der Waals surface area contributed by atoms with E-state index in [0.717, 1.165) is 22.8 Å². The van der Waals surface area contributed by atoms with E-state index < -0.39 is 34.1 Å². The Bertz CT molecular complexity index is 1010. The molecule has 0 amide bonds. The van der Waals surface area contributed by atoms with E-state index in [1.54, 1.807) is 0 Å². The van der Waals surface area contributed by atoms with Crippen molar-refractivity contribution in [3.8, 4) is 0 Å². The number of aliphatic imine (C=N–C) groups is 4. The van der Waals surface area contributed by atoms with Gasteiger partial charge in [0.1, 0.15) is 0 Å². The maximum Gasteiger partial charge on any atom is 0.354 e. The van der Waals surface area contributed by atoms with E-state index in [1.165, 1.54) is 0 Å². The van der Waals surface area contributed by atoms with Crippen LogP contribution >= 0.6 is 12.4 Å². The van der Waals surface area contributed by atoms with Gasteiger partial charge in [-0.1, -0.05) is 125 Å². The number of carboxylic acid groups (broad SMARTS) is 2. The Morgan fingerprint density at radius 1 is 0.452 bits per heavy atom. The standard InChI is InChI=1S/2C16H28N2O2.ClH.Co/c2*1-13(2,3)10-11(14(4,5)6)18-16(17-10,12(19)20)15(7,8)9;;/h2*1-9H3,(H,19,20);1H;. The van der Waals surface area contributed by atoms with Crippen molar-refractivity contribution in [2.24, 2.45) is 52.5 Å². The predicted molar refractivity (Wildman–Crippen MR) is 174 cm³/mol. The Kier molecular flexibility index (Phi) is 12.6. The summed E-state index contributed by atoms with van der Waals surface area (Å²) in [6, 6.07) is 0. The van der Waals surface area contributed by atoms with E-state index in [0.29, 0.717) is 0 Å². The summed E-state index contributed by atoms with van der Waals surface area (Å²) in [6.45, 7) is 35.8. The van der Waals surface area contributed by atoms with Crippen LogP contribution in [-0.4, -0.2) is 56.3 Å². The Morgan fingerprint density at radius 2 is 0.595 bits per heavy atom. The van der Waals surface area contributed by atoms with Gasteiger partial charge in [-0.15, -0.1) is 12.4 Å². The molecule has 2 rings (SSSR count). The van der Waals surface area contributed by atoms with Crippen molar-refractivity contribution in [2.45, 2.75) is 136 Å². The van der Waals surface area contributed by atoms with E-state index in [2.05, 4.69) is 20.0 Å². The van der Waals surface area contributed by atoms with Crippen molar-refractivity contribution in [3.63, 3.8) is 0 Å². The van der Waals surface area contributed by atoms with E-state index in [4.69, 9.17) is 0 Å². The number of rotatable bonds is 2. The Morgan fingerprint density at radius 3 is 0.667 bits per heavy atom. The van der Waals surface area contributed by atoms with Crippen molar-refractivity contribution in [2.75, 3.05) is 0 Å². The quantitative estimate of drug-likeness (QED) is 0.313. The average molecular weight is 656 g/mol. The van der Waals surface area contributed by atoms with Crippen LogP contribution in [0.2, 0.25) is 0 Å². The Balaban J connectivity index is 0. The average Bonchev–Trinajstić information content (AvgIpc) is 3.29. The van der Waals surface area contributed by atoms with Crippen LogP contribution in [0.4, 0.5) is 0 Å². The van der Waals surface area contributed by atoms with E-state index in [1.807, 2.05) is 125 Å². The van der Waals surface area contributed by atoms with Gasteiger partial charge in [0.2, 0.25) is 0 Å². The monoisotopic (exact) mass is 655 g/mol. The molecule has 0 aliphatic carbocycles. The second-order valence-corrected chi connectivity index (χ2v) is 17.3. The first-order valence-corrected chi connectivity index (χ1v) is 14.1. The number of hydrogen-bond acceptors (Lipinski definition) is 6. The van der Waals surface area contributed by atoms with Crippen molar-refractivity contribution in [3.05, 3.63) is 0 Å². The third-order valence-corrected chi connectivity index (χ3v) is 7.07. The van der Waals surface area contributed by atoms with Crippen LogP contribution in [-0.2, 0) is 26.4 Å². The normalized spacial score (nSPS) is 18.7. The fourth-order valence-corrected chi connectivity index (χ4v) is 4.50. The number of carboxylic acids is 2. The minimum atomic E-state index is -1.42. The SMILES string of the molecule is CC(C)(C)C1=NC(C(=O)O)(C(C)(C)C)N=C1C(C)(C)C.CC(C)(C)C1=NC(C(=O)O)(C(C)(C)C)N=C1C(C)(C)C.Cl.[Co]. The molecule has 2 N–H and O–H groups in total. The zero-order chi connectivity index (χ0) is 32.3. The summed E-state index contributed by atoms with van der Waals surface area (Å²) in [6.07, 6.45) is 0. The minimum absolute atomic E-state index is 0. The van der Waals surface area contributed by atoms with Crippen molar-refractivity contribution in [1.29, 1.82) is 0 Å². The molecule has 0 saturated carbocycles. The number of hydrogen-bond donors (Lipinski definition) is 2. The first kappa shape index (κ1) is 42.5. The van der Waals surface area contributed by atoms with E-state index in [-0.39, 0.29) is 50.8 Å². The van der Waals surface area contributed by atoms with Gasteiger partial charge in [0, 0.05) is 49.3 Å². The van der Waals surface area contributed by atoms with E-state index in [9.17, 15) is 19.8 Å². The predicted octanol–water partition coefficient (Wildman–Crippen LogP) is 8.02. The molecule has 10 heteroatoms. The molecule has 2 aliphatic heterocycles.